The number of anilines is 1. The second kappa shape index (κ2) is 9.03. The highest BCUT2D eigenvalue weighted by Gasteiger charge is 2.38. The zero-order valence-corrected chi connectivity index (χ0v) is 17.5. The minimum absolute atomic E-state index is 0.00611. The quantitative estimate of drug-likeness (QED) is 0.403. The Kier molecular flexibility index (Phi) is 6.58. The number of amides is 1. The standard InChI is InChI=1S/C20H18ClF3N4O4/c1-2-32-19(31)11-8-13(21)18(26-9-11)28-7-6-27(10-15(28)30)17(25)16-12(20(22,23)24)4-3-5-14(16)29/h3-5,8-9,25,29H,2,6-7,10H2,1H3. The highest BCUT2D eigenvalue weighted by molar-refractivity contribution is 6.33. The van der Waals surface area contributed by atoms with Gasteiger partial charge in [0.15, 0.2) is 5.82 Å². The number of pyridine rings is 1. The average Bonchev–Trinajstić information content (AvgIpc) is 2.73. The number of esters is 1. The molecule has 1 aliphatic heterocycles. The lowest BCUT2D eigenvalue weighted by Crippen LogP contribution is -2.53. The Balaban J connectivity index is 1.81. The van der Waals surface area contributed by atoms with Crippen molar-refractivity contribution < 1.29 is 32.6 Å². The summed E-state index contributed by atoms with van der Waals surface area (Å²) >= 11 is 6.18. The summed E-state index contributed by atoms with van der Waals surface area (Å²) in [6, 6.07) is 4.15. The molecule has 0 saturated carbocycles. The number of benzene rings is 1. The van der Waals surface area contributed by atoms with Crippen LogP contribution in [0.25, 0.3) is 0 Å². The lowest BCUT2D eigenvalue weighted by atomic mass is 10.0. The predicted molar refractivity (Wildman–Crippen MR) is 109 cm³/mol. The van der Waals surface area contributed by atoms with Gasteiger partial charge in [-0.3, -0.25) is 15.1 Å². The SMILES string of the molecule is CCOC(=O)c1cnc(N2CCN(C(=N)c3c(O)cccc3C(F)(F)F)CC2=O)c(Cl)c1. The molecule has 12 heteroatoms. The summed E-state index contributed by atoms with van der Waals surface area (Å²) in [6.07, 6.45) is -3.58. The number of hydrogen-bond donors (Lipinski definition) is 2. The van der Waals surface area contributed by atoms with E-state index in [2.05, 4.69) is 4.98 Å². The Hall–Kier alpha value is -3.34. The maximum atomic E-state index is 13.3. The van der Waals surface area contributed by atoms with Crippen molar-refractivity contribution in [3.63, 3.8) is 0 Å². The first-order chi connectivity index (χ1) is 15.0. The summed E-state index contributed by atoms with van der Waals surface area (Å²) in [7, 11) is 0. The second-order valence-corrected chi connectivity index (χ2v) is 7.17. The number of nitrogens with one attached hydrogen (secondary N) is 1. The highest BCUT2D eigenvalue weighted by Crippen LogP contribution is 2.36. The van der Waals surface area contributed by atoms with Crippen molar-refractivity contribution in [1.82, 2.24) is 9.88 Å². The van der Waals surface area contributed by atoms with Crippen LogP contribution in [0, 0.1) is 5.41 Å². The number of nitrogens with zero attached hydrogens (tertiary/aromatic N) is 3. The molecular formula is C20H18ClF3N4O4. The molecule has 0 unspecified atom stereocenters. The van der Waals surface area contributed by atoms with Crippen molar-refractivity contribution in [2.24, 2.45) is 0 Å². The fourth-order valence-corrected chi connectivity index (χ4v) is 3.50. The van der Waals surface area contributed by atoms with E-state index < -0.39 is 47.3 Å². The Morgan fingerprint density at radius 1 is 1.34 bits per heavy atom. The molecule has 1 saturated heterocycles. The molecular weight excluding hydrogens is 453 g/mol. The minimum atomic E-state index is -4.79. The van der Waals surface area contributed by atoms with Gasteiger partial charge in [0.05, 0.1) is 34.9 Å². The lowest BCUT2D eigenvalue weighted by Gasteiger charge is -2.35. The third-order valence-electron chi connectivity index (χ3n) is 4.71. The number of piperazine rings is 1. The van der Waals surface area contributed by atoms with Gasteiger partial charge in [0, 0.05) is 19.3 Å². The van der Waals surface area contributed by atoms with Crippen molar-refractivity contribution in [1.29, 1.82) is 5.41 Å². The van der Waals surface area contributed by atoms with Gasteiger partial charge in [-0.15, -0.1) is 0 Å². The summed E-state index contributed by atoms with van der Waals surface area (Å²) in [5.41, 5.74) is -1.76. The first-order valence-corrected chi connectivity index (χ1v) is 9.78. The van der Waals surface area contributed by atoms with Gasteiger partial charge >= 0.3 is 12.1 Å². The molecule has 1 fully saturated rings. The van der Waals surface area contributed by atoms with Gasteiger partial charge in [-0.2, -0.15) is 13.2 Å². The molecule has 3 rings (SSSR count). The van der Waals surface area contributed by atoms with Crippen LogP contribution in [-0.4, -0.2) is 58.9 Å². The van der Waals surface area contributed by atoms with Crippen LogP contribution in [0.2, 0.25) is 5.02 Å². The van der Waals surface area contributed by atoms with Crippen LogP contribution in [0.5, 0.6) is 5.75 Å². The predicted octanol–water partition coefficient (Wildman–Crippen LogP) is 3.31. The van der Waals surface area contributed by atoms with E-state index in [9.17, 15) is 27.9 Å². The zero-order chi connectivity index (χ0) is 23.6. The maximum Gasteiger partial charge on any atom is 0.417 e. The number of rotatable bonds is 4. The van der Waals surface area contributed by atoms with Gasteiger partial charge in [0.1, 0.15) is 11.6 Å². The summed E-state index contributed by atoms with van der Waals surface area (Å²) in [5, 5.41) is 18.2. The average molecular weight is 471 g/mol. The van der Waals surface area contributed by atoms with Gasteiger partial charge in [-0.1, -0.05) is 17.7 Å². The molecule has 32 heavy (non-hydrogen) atoms. The molecule has 0 radical (unpaired) electrons. The minimum Gasteiger partial charge on any atom is -0.507 e. The van der Waals surface area contributed by atoms with Gasteiger partial charge in [0.2, 0.25) is 5.91 Å². The van der Waals surface area contributed by atoms with Crippen molar-refractivity contribution in [3.05, 3.63) is 52.2 Å². The molecule has 2 aromatic rings. The number of hydrogen-bond acceptors (Lipinski definition) is 6. The maximum absolute atomic E-state index is 13.3. The molecule has 8 nitrogen and oxygen atoms in total. The van der Waals surface area contributed by atoms with E-state index in [0.717, 1.165) is 23.1 Å². The molecule has 0 bridgehead atoms. The number of amidine groups is 1. The number of ether oxygens (including phenoxy) is 1. The summed E-state index contributed by atoms with van der Waals surface area (Å²) in [4.78, 5) is 30.9. The summed E-state index contributed by atoms with van der Waals surface area (Å²) in [6.45, 7) is 1.35. The van der Waals surface area contributed by atoms with Crippen LogP contribution in [0.1, 0.15) is 28.4 Å². The van der Waals surface area contributed by atoms with Crippen molar-refractivity contribution in [2.45, 2.75) is 13.1 Å². The van der Waals surface area contributed by atoms with Crippen LogP contribution in [-0.2, 0) is 15.7 Å². The molecule has 2 heterocycles. The van der Waals surface area contributed by atoms with Crippen LogP contribution in [0.3, 0.4) is 0 Å². The number of carbonyl (C=O) groups excluding carboxylic acids is 2. The zero-order valence-electron chi connectivity index (χ0n) is 16.7. The van der Waals surface area contributed by atoms with E-state index in [1.807, 2.05) is 0 Å². The molecule has 0 atom stereocenters. The summed E-state index contributed by atoms with van der Waals surface area (Å²) < 4.78 is 44.9. The van der Waals surface area contributed by atoms with Gasteiger partial charge in [-0.05, 0) is 25.1 Å². The molecule has 1 aromatic carbocycles. The van der Waals surface area contributed by atoms with E-state index in [-0.39, 0.29) is 36.1 Å². The molecule has 1 aliphatic rings. The van der Waals surface area contributed by atoms with E-state index in [1.54, 1.807) is 6.92 Å². The molecule has 170 valence electrons. The van der Waals surface area contributed by atoms with Crippen LogP contribution >= 0.6 is 11.6 Å². The molecule has 1 amide bonds. The Bertz CT molecular complexity index is 1080. The van der Waals surface area contributed by atoms with Crippen molar-refractivity contribution in [3.8, 4) is 5.75 Å². The number of aromatic nitrogens is 1. The molecule has 0 aliphatic carbocycles. The number of phenols is 1. The molecule has 2 N–H and O–H groups in total. The van der Waals surface area contributed by atoms with E-state index in [4.69, 9.17) is 21.7 Å². The Morgan fingerprint density at radius 2 is 2.06 bits per heavy atom. The van der Waals surface area contributed by atoms with Crippen LogP contribution in [0.4, 0.5) is 19.0 Å². The first-order valence-electron chi connectivity index (χ1n) is 9.40. The van der Waals surface area contributed by atoms with Gasteiger partial charge in [0.25, 0.3) is 0 Å². The highest BCUT2D eigenvalue weighted by atomic mass is 35.5. The van der Waals surface area contributed by atoms with Gasteiger partial charge < -0.3 is 14.7 Å². The number of carbonyl (C=O) groups is 2. The fraction of sp³-hybridized carbons (Fsp3) is 0.300. The van der Waals surface area contributed by atoms with E-state index >= 15 is 0 Å². The van der Waals surface area contributed by atoms with Crippen molar-refractivity contribution >= 4 is 35.1 Å². The molecule has 1 aromatic heterocycles. The number of halogens is 4. The third kappa shape index (κ3) is 4.62. The Morgan fingerprint density at radius 3 is 2.66 bits per heavy atom. The number of phenolic OH excluding ortho intramolecular Hbond substituents is 1. The van der Waals surface area contributed by atoms with E-state index in [1.165, 1.54) is 17.2 Å². The lowest BCUT2D eigenvalue weighted by molar-refractivity contribution is -0.137. The monoisotopic (exact) mass is 470 g/mol. The summed E-state index contributed by atoms with van der Waals surface area (Å²) in [5.74, 6) is -2.45. The largest absolute Gasteiger partial charge is 0.507 e. The molecule has 0 spiro atoms. The van der Waals surface area contributed by atoms with Crippen molar-refractivity contribution in [2.75, 3.05) is 31.1 Å². The number of aromatic hydroxyl groups is 1. The topological polar surface area (TPSA) is 107 Å². The fourth-order valence-electron chi connectivity index (χ4n) is 3.23. The smallest absolute Gasteiger partial charge is 0.417 e. The first kappa shape index (κ1) is 23.3. The van der Waals surface area contributed by atoms with E-state index in [0.29, 0.717) is 0 Å². The van der Waals surface area contributed by atoms with Crippen LogP contribution in [0.15, 0.2) is 30.5 Å². The second-order valence-electron chi connectivity index (χ2n) is 6.76. The van der Waals surface area contributed by atoms with Gasteiger partial charge in [-0.25, -0.2) is 9.78 Å². The normalized spacial score (nSPS) is 14.5. The Labute approximate surface area is 185 Å². The number of alkyl halides is 3. The third-order valence-corrected chi connectivity index (χ3v) is 4.99. The van der Waals surface area contributed by atoms with Crippen LogP contribution < -0.4 is 4.90 Å².